The number of hydrogen-bond acceptors (Lipinski definition) is 6. The Kier molecular flexibility index (Phi) is 6.56. The highest BCUT2D eigenvalue weighted by Gasteiger charge is 2.23. The van der Waals surface area contributed by atoms with Gasteiger partial charge in [0.1, 0.15) is 5.75 Å². The number of thiazole rings is 1. The predicted molar refractivity (Wildman–Crippen MR) is 121 cm³/mol. The zero-order chi connectivity index (χ0) is 20.1. The number of benzene rings is 2. The molecule has 0 unspecified atom stereocenters. The number of rotatable bonds is 7. The SMILES string of the molecule is CCOc1ccc2nc(N3CCN(C(=O)CCSc4ccccc4)CC3)sc2c1. The molecule has 7 heteroatoms. The Morgan fingerprint density at radius 1 is 1.14 bits per heavy atom. The first-order valence-electron chi connectivity index (χ1n) is 9.97. The lowest BCUT2D eigenvalue weighted by molar-refractivity contribution is -0.131. The van der Waals surface area contributed by atoms with Gasteiger partial charge in [0.05, 0.1) is 16.8 Å². The highest BCUT2D eigenvalue weighted by Crippen LogP contribution is 2.32. The summed E-state index contributed by atoms with van der Waals surface area (Å²) in [6.07, 6.45) is 0.584. The van der Waals surface area contributed by atoms with Gasteiger partial charge >= 0.3 is 0 Å². The summed E-state index contributed by atoms with van der Waals surface area (Å²) in [4.78, 5) is 22.8. The molecule has 2 aromatic carbocycles. The highest BCUT2D eigenvalue weighted by atomic mass is 32.2. The molecule has 152 valence electrons. The quantitative estimate of drug-likeness (QED) is 0.519. The number of ether oxygens (including phenoxy) is 1. The molecule has 1 aliphatic rings. The molecule has 1 fully saturated rings. The Morgan fingerprint density at radius 2 is 1.93 bits per heavy atom. The summed E-state index contributed by atoms with van der Waals surface area (Å²) in [5.74, 6) is 1.96. The molecule has 0 N–H and O–H groups in total. The summed E-state index contributed by atoms with van der Waals surface area (Å²) in [5.41, 5.74) is 1.00. The Hall–Kier alpha value is -2.25. The van der Waals surface area contributed by atoms with E-state index in [4.69, 9.17) is 9.72 Å². The topological polar surface area (TPSA) is 45.7 Å². The van der Waals surface area contributed by atoms with E-state index in [1.807, 2.05) is 42.2 Å². The van der Waals surface area contributed by atoms with Crippen LogP contribution in [0, 0.1) is 0 Å². The maximum absolute atomic E-state index is 12.5. The Morgan fingerprint density at radius 3 is 2.69 bits per heavy atom. The van der Waals surface area contributed by atoms with Crippen LogP contribution in [0.25, 0.3) is 10.2 Å². The predicted octanol–water partition coefficient (Wildman–Crippen LogP) is 4.53. The van der Waals surface area contributed by atoms with Crippen molar-refractivity contribution in [1.82, 2.24) is 9.88 Å². The first-order valence-corrected chi connectivity index (χ1v) is 11.8. The zero-order valence-corrected chi connectivity index (χ0v) is 18.2. The van der Waals surface area contributed by atoms with Crippen LogP contribution >= 0.6 is 23.1 Å². The summed E-state index contributed by atoms with van der Waals surface area (Å²) in [7, 11) is 0. The van der Waals surface area contributed by atoms with E-state index in [2.05, 4.69) is 23.1 Å². The van der Waals surface area contributed by atoms with Gasteiger partial charge in [-0.25, -0.2) is 4.98 Å². The lowest BCUT2D eigenvalue weighted by atomic mass is 10.3. The molecule has 0 radical (unpaired) electrons. The van der Waals surface area contributed by atoms with Crippen LogP contribution in [0.3, 0.4) is 0 Å². The van der Waals surface area contributed by atoms with Gasteiger partial charge in [0.25, 0.3) is 0 Å². The van der Waals surface area contributed by atoms with Crippen molar-refractivity contribution in [3.8, 4) is 5.75 Å². The van der Waals surface area contributed by atoms with Crippen LogP contribution in [0.4, 0.5) is 5.13 Å². The van der Waals surface area contributed by atoms with Crippen LogP contribution in [-0.2, 0) is 4.79 Å². The number of amides is 1. The number of nitrogens with zero attached hydrogens (tertiary/aromatic N) is 3. The molecule has 1 saturated heterocycles. The molecule has 1 aromatic heterocycles. The number of piperazine rings is 1. The van der Waals surface area contributed by atoms with Crippen molar-refractivity contribution in [3.63, 3.8) is 0 Å². The number of fused-ring (bicyclic) bond motifs is 1. The third-order valence-electron chi connectivity index (χ3n) is 4.89. The van der Waals surface area contributed by atoms with E-state index in [0.717, 1.165) is 53.0 Å². The van der Waals surface area contributed by atoms with Crippen molar-refractivity contribution in [2.24, 2.45) is 0 Å². The second-order valence-electron chi connectivity index (χ2n) is 6.84. The van der Waals surface area contributed by atoms with E-state index in [0.29, 0.717) is 13.0 Å². The number of carbonyl (C=O) groups excluding carboxylic acids is 1. The Bertz CT molecular complexity index is 953. The summed E-state index contributed by atoms with van der Waals surface area (Å²) >= 11 is 3.43. The third-order valence-corrected chi connectivity index (χ3v) is 6.98. The first kappa shape index (κ1) is 20.0. The first-order chi connectivity index (χ1) is 14.2. The molecule has 0 saturated carbocycles. The number of hydrogen-bond donors (Lipinski definition) is 0. The second kappa shape index (κ2) is 9.50. The molecular formula is C22H25N3O2S2. The summed E-state index contributed by atoms with van der Waals surface area (Å²) in [6.45, 7) is 5.83. The molecule has 1 aliphatic heterocycles. The third kappa shape index (κ3) is 5.03. The van der Waals surface area contributed by atoms with Gasteiger partial charge < -0.3 is 14.5 Å². The van der Waals surface area contributed by atoms with E-state index in [-0.39, 0.29) is 5.91 Å². The van der Waals surface area contributed by atoms with Gasteiger partial charge in [0, 0.05) is 43.2 Å². The van der Waals surface area contributed by atoms with E-state index in [9.17, 15) is 4.79 Å². The van der Waals surface area contributed by atoms with E-state index >= 15 is 0 Å². The van der Waals surface area contributed by atoms with Crippen LogP contribution in [-0.4, -0.2) is 54.3 Å². The number of carbonyl (C=O) groups is 1. The van der Waals surface area contributed by atoms with E-state index in [1.54, 1.807) is 23.1 Å². The smallest absolute Gasteiger partial charge is 0.223 e. The maximum Gasteiger partial charge on any atom is 0.223 e. The molecule has 1 amide bonds. The molecule has 2 heterocycles. The van der Waals surface area contributed by atoms with Crippen molar-refractivity contribution in [1.29, 1.82) is 0 Å². The number of anilines is 1. The standard InChI is InChI=1S/C22H25N3O2S2/c1-2-27-17-8-9-19-20(16-17)29-22(23-19)25-13-11-24(12-14-25)21(26)10-15-28-18-6-4-3-5-7-18/h3-9,16H,2,10-15H2,1H3. The minimum Gasteiger partial charge on any atom is -0.494 e. The average Bonchev–Trinajstić information content (AvgIpc) is 3.18. The molecule has 0 spiro atoms. The van der Waals surface area contributed by atoms with Crippen molar-refractivity contribution in [2.75, 3.05) is 43.4 Å². The maximum atomic E-state index is 12.5. The number of thioether (sulfide) groups is 1. The molecule has 3 aromatic rings. The Labute approximate surface area is 179 Å². The van der Waals surface area contributed by atoms with Crippen LogP contribution in [0.2, 0.25) is 0 Å². The van der Waals surface area contributed by atoms with Crippen LogP contribution in [0.15, 0.2) is 53.4 Å². The molecular weight excluding hydrogens is 402 g/mol. The largest absolute Gasteiger partial charge is 0.494 e. The molecule has 0 aliphatic carbocycles. The molecule has 29 heavy (non-hydrogen) atoms. The van der Waals surface area contributed by atoms with Crippen molar-refractivity contribution in [3.05, 3.63) is 48.5 Å². The van der Waals surface area contributed by atoms with Crippen LogP contribution in [0.5, 0.6) is 5.75 Å². The van der Waals surface area contributed by atoms with Gasteiger partial charge in [0.2, 0.25) is 5.91 Å². The lowest BCUT2D eigenvalue weighted by Crippen LogP contribution is -2.48. The van der Waals surface area contributed by atoms with Crippen molar-refractivity contribution < 1.29 is 9.53 Å². The van der Waals surface area contributed by atoms with Gasteiger partial charge in [-0.05, 0) is 37.3 Å². The van der Waals surface area contributed by atoms with Gasteiger partial charge in [-0.15, -0.1) is 11.8 Å². The lowest BCUT2D eigenvalue weighted by Gasteiger charge is -2.34. The fourth-order valence-corrected chi connectivity index (χ4v) is 5.27. The van der Waals surface area contributed by atoms with Crippen molar-refractivity contribution in [2.45, 2.75) is 18.2 Å². The van der Waals surface area contributed by atoms with Gasteiger partial charge in [0.15, 0.2) is 5.13 Å². The fraction of sp³-hybridized carbons (Fsp3) is 0.364. The monoisotopic (exact) mass is 427 g/mol. The average molecular weight is 428 g/mol. The van der Waals surface area contributed by atoms with E-state index < -0.39 is 0 Å². The van der Waals surface area contributed by atoms with Gasteiger partial charge in [-0.2, -0.15) is 0 Å². The normalized spacial score (nSPS) is 14.4. The highest BCUT2D eigenvalue weighted by molar-refractivity contribution is 7.99. The van der Waals surface area contributed by atoms with Crippen LogP contribution < -0.4 is 9.64 Å². The van der Waals surface area contributed by atoms with Crippen LogP contribution in [0.1, 0.15) is 13.3 Å². The molecule has 0 bridgehead atoms. The second-order valence-corrected chi connectivity index (χ2v) is 9.02. The summed E-state index contributed by atoms with van der Waals surface area (Å²) < 4.78 is 6.73. The Balaban J connectivity index is 1.28. The molecule has 0 atom stereocenters. The fourth-order valence-electron chi connectivity index (χ4n) is 3.36. The zero-order valence-electron chi connectivity index (χ0n) is 16.5. The minimum atomic E-state index is 0.249. The summed E-state index contributed by atoms with van der Waals surface area (Å²) in [5, 5.41) is 1.03. The van der Waals surface area contributed by atoms with Crippen molar-refractivity contribution >= 4 is 44.4 Å². The van der Waals surface area contributed by atoms with Gasteiger partial charge in [-0.3, -0.25) is 4.79 Å². The molecule has 4 rings (SSSR count). The summed E-state index contributed by atoms with van der Waals surface area (Å²) in [6, 6.07) is 16.3. The van der Waals surface area contributed by atoms with Gasteiger partial charge in [-0.1, -0.05) is 29.5 Å². The molecule has 5 nitrogen and oxygen atoms in total. The minimum absolute atomic E-state index is 0.249. The number of aromatic nitrogens is 1. The van der Waals surface area contributed by atoms with E-state index in [1.165, 1.54) is 4.90 Å².